The lowest BCUT2D eigenvalue weighted by atomic mass is 10.1. The van der Waals surface area contributed by atoms with Gasteiger partial charge >= 0.3 is 0 Å². The molecule has 6 heteroatoms. The smallest absolute Gasteiger partial charge is 0.261 e. The van der Waals surface area contributed by atoms with Gasteiger partial charge in [0, 0.05) is 22.1 Å². The summed E-state index contributed by atoms with van der Waals surface area (Å²) in [5.74, 6) is 0.742. The van der Waals surface area contributed by atoms with Crippen LogP contribution >= 0.6 is 27.3 Å². The molecule has 1 aromatic carbocycles. The van der Waals surface area contributed by atoms with Gasteiger partial charge in [-0.25, -0.2) is 0 Å². The summed E-state index contributed by atoms with van der Waals surface area (Å²) in [6.07, 6.45) is 0. The second-order valence-corrected chi connectivity index (χ2v) is 6.19. The van der Waals surface area contributed by atoms with E-state index in [0.717, 1.165) is 21.3 Å². The van der Waals surface area contributed by atoms with Crippen LogP contribution in [-0.4, -0.2) is 12.7 Å². The first kappa shape index (κ1) is 13.6. The monoisotopic (exact) mass is 353 g/mol. The molecule has 1 aromatic heterocycles. The Bertz CT molecular complexity index is 628. The minimum atomic E-state index is -0.0687. The summed E-state index contributed by atoms with van der Waals surface area (Å²) in [7, 11) is 0. The van der Waals surface area contributed by atoms with Gasteiger partial charge in [0.1, 0.15) is 5.75 Å². The SMILES string of the molecule is O=C(NCc1cc(Br)cc2c1OCOC2)c1cccs1. The molecule has 0 radical (unpaired) electrons. The van der Waals surface area contributed by atoms with Crippen LogP contribution in [0.2, 0.25) is 0 Å². The number of thiophene rings is 1. The molecule has 0 saturated heterocycles. The van der Waals surface area contributed by atoms with Crippen LogP contribution in [0.4, 0.5) is 0 Å². The molecule has 20 heavy (non-hydrogen) atoms. The molecule has 4 nitrogen and oxygen atoms in total. The fraction of sp³-hybridized carbons (Fsp3) is 0.214. The second-order valence-electron chi connectivity index (χ2n) is 4.32. The number of carbonyl (C=O) groups excluding carboxylic acids is 1. The van der Waals surface area contributed by atoms with E-state index < -0.39 is 0 Å². The Kier molecular flexibility index (Phi) is 4.05. The average molecular weight is 354 g/mol. The largest absolute Gasteiger partial charge is 0.467 e. The lowest BCUT2D eigenvalue weighted by molar-refractivity contribution is -0.0171. The molecule has 0 aliphatic carbocycles. The number of amides is 1. The highest BCUT2D eigenvalue weighted by molar-refractivity contribution is 9.10. The number of nitrogens with one attached hydrogen (secondary N) is 1. The molecule has 0 saturated carbocycles. The topological polar surface area (TPSA) is 47.6 Å². The van der Waals surface area contributed by atoms with Crippen LogP contribution in [0.5, 0.6) is 5.75 Å². The minimum Gasteiger partial charge on any atom is -0.467 e. The van der Waals surface area contributed by atoms with Gasteiger partial charge < -0.3 is 14.8 Å². The molecule has 0 fully saturated rings. The number of fused-ring (bicyclic) bond motifs is 1. The Morgan fingerprint density at radius 1 is 1.45 bits per heavy atom. The van der Waals surface area contributed by atoms with Gasteiger partial charge in [-0.1, -0.05) is 22.0 Å². The maximum Gasteiger partial charge on any atom is 0.261 e. The van der Waals surface area contributed by atoms with Crippen molar-refractivity contribution in [2.24, 2.45) is 0 Å². The van der Waals surface area contributed by atoms with Crippen molar-refractivity contribution in [1.29, 1.82) is 0 Å². The van der Waals surface area contributed by atoms with E-state index in [2.05, 4.69) is 21.2 Å². The fourth-order valence-corrected chi connectivity index (χ4v) is 3.25. The molecule has 0 atom stereocenters. The molecular formula is C14H12BrNO3S. The molecule has 2 heterocycles. The Morgan fingerprint density at radius 2 is 2.35 bits per heavy atom. The van der Waals surface area contributed by atoms with Crippen LogP contribution in [0.1, 0.15) is 20.8 Å². The first-order valence-electron chi connectivity index (χ1n) is 6.07. The van der Waals surface area contributed by atoms with E-state index >= 15 is 0 Å². The van der Waals surface area contributed by atoms with E-state index in [4.69, 9.17) is 9.47 Å². The summed E-state index contributed by atoms with van der Waals surface area (Å²) in [6, 6.07) is 7.60. The van der Waals surface area contributed by atoms with Crippen LogP contribution in [0, 0.1) is 0 Å². The van der Waals surface area contributed by atoms with E-state index in [1.54, 1.807) is 6.07 Å². The molecule has 2 aromatic rings. The zero-order valence-corrected chi connectivity index (χ0v) is 12.9. The van der Waals surface area contributed by atoms with Crippen molar-refractivity contribution >= 4 is 33.2 Å². The fourth-order valence-electron chi connectivity index (χ4n) is 2.06. The zero-order valence-electron chi connectivity index (χ0n) is 10.5. The van der Waals surface area contributed by atoms with Gasteiger partial charge in [0.15, 0.2) is 6.79 Å². The van der Waals surface area contributed by atoms with Gasteiger partial charge in [0.05, 0.1) is 11.5 Å². The minimum absolute atomic E-state index is 0.0687. The van der Waals surface area contributed by atoms with Crippen molar-refractivity contribution in [1.82, 2.24) is 5.32 Å². The maximum atomic E-state index is 12.0. The summed E-state index contributed by atoms with van der Waals surface area (Å²) >= 11 is 4.89. The standard InChI is InChI=1S/C14H12BrNO3S/c15-11-4-9(13-10(5-11)7-18-8-19-13)6-16-14(17)12-2-1-3-20-12/h1-5H,6-8H2,(H,16,17). The number of rotatable bonds is 3. The number of benzene rings is 1. The van der Waals surface area contributed by atoms with Gasteiger partial charge in [0.2, 0.25) is 0 Å². The summed E-state index contributed by atoms with van der Waals surface area (Å²) < 4.78 is 11.8. The zero-order chi connectivity index (χ0) is 13.9. The van der Waals surface area contributed by atoms with Crippen molar-refractivity contribution in [2.75, 3.05) is 6.79 Å². The van der Waals surface area contributed by atoms with E-state index in [9.17, 15) is 4.79 Å². The summed E-state index contributed by atoms with van der Waals surface area (Å²) in [6.45, 7) is 1.21. The number of hydrogen-bond acceptors (Lipinski definition) is 4. The number of halogens is 1. The summed E-state index contributed by atoms with van der Waals surface area (Å²) in [4.78, 5) is 12.7. The third-order valence-corrected chi connectivity index (χ3v) is 4.26. The van der Waals surface area contributed by atoms with Crippen LogP contribution in [0.3, 0.4) is 0 Å². The summed E-state index contributed by atoms with van der Waals surface area (Å²) in [5, 5.41) is 4.79. The molecule has 104 valence electrons. The van der Waals surface area contributed by atoms with Crippen molar-refractivity contribution in [3.63, 3.8) is 0 Å². The van der Waals surface area contributed by atoms with Crippen molar-refractivity contribution in [3.8, 4) is 5.75 Å². The van der Waals surface area contributed by atoms with Gasteiger partial charge in [-0.05, 0) is 23.6 Å². The normalized spacial score (nSPS) is 13.4. The molecule has 1 amide bonds. The predicted octanol–water partition coefficient (Wildman–Crippen LogP) is 3.31. The van der Waals surface area contributed by atoms with Gasteiger partial charge in [-0.2, -0.15) is 0 Å². The van der Waals surface area contributed by atoms with E-state index in [1.165, 1.54) is 11.3 Å². The highest BCUT2D eigenvalue weighted by atomic mass is 79.9. The van der Waals surface area contributed by atoms with Crippen LogP contribution in [-0.2, 0) is 17.9 Å². The van der Waals surface area contributed by atoms with Crippen LogP contribution in [0.25, 0.3) is 0 Å². The first-order valence-corrected chi connectivity index (χ1v) is 7.75. The van der Waals surface area contributed by atoms with E-state index in [0.29, 0.717) is 18.0 Å². The first-order chi connectivity index (χ1) is 9.74. The third-order valence-electron chi connectivity index (χ3n) is 2.94. The Balaban J connectivity index is 1.77. The quantitative estimate of drug-likeness (QED) is 0.920. The van der Waals surface area contributed by atoms with E-state index in [-0.39, 0.29) is 12.7 Å². The van der Waals surface area contributed by atoms with Gasteiger partial charge in [0.25, 0.3) is 5.91 Å². The van der Waals surface area contributed by atoms with Crippen molar-refractivity contribution in [2.45, 2.75) is 13.2 Å². The van der Waals surface area contributed by atoms with Crippen LogP contribution < -0.4 is 10.1 Å². The molecule has 0 spiro atoms. The molecule has 3 rings (SSSR count). The molecule has 1 N–H and O–H groups in total. The average Bonchev–Trinajstić information content (AvgIpc) is 2.98. The lowest BCUT2D eigenvalue weighted by Crippen LogP contribution is -2.23. The Labute approximate surface area is 128 Å². The van der Waals surface area contributed by atoms with Gasteiger partial charge in [-0.3, -0.25) is 4.79 Å². The number of hydrogen-bond donors (Lipinski definition) is 1. The third kappa shape index (κ3) is 2.87. The van der Waals surface area contributed by atoms with E-state index in [1.807, 2.05) is 23.6 Å². The lowest BCUT2D eigenvalue weighted by Gasteiger charge is -2.21. The second kappa shape index (κ2) is 5.95. The molecule has 1 aliphatic rings. The maximum absolute atomic E-state index is 12.0. The van der Waals surface area contributed by atoms with Gasteiger partial charge in [-0.15, -0.1) is 11.3 Å². The molecule has 0 unspecified atom stereocenters. The Hall–Kier alpha value is -1.37. The number of ether oxygens (including phenoxy) is 2. The molecule has 0 bridgehead atoms. The molecular weight excluding hydrogens is 342 g/mol. The van der Waals surface area contributed by atoms with Crippen molar-refractivity contribution < 1.29 is 14.3 Å². The predicted molar refractivity (Wildman–Crippen MR) is 79.9 cm³/mol. The summed E-state index contributed by atoms with van der Waals surface area (Å²) in [5.41, 5.74) is 1.94. The van der Waals surface area contributed by atoms with Crippen molar-refractivity contribution in [3.05, 3.63) is 50.1 Å². The van der Waals surface area contributed by atoms with Crippen LogP contribution in [0.15, 0.2) is 34.1 Å². The molecule has 1 aliphatic heterocycles. The highest BCUT2D eigenvalue weighted by Crippen LogP contribution is 2.31. The Morgan fingerprint density at radius 3 is 3.15 bits per heavy atom. The highest BCUT2D eigenvalue weighted by Gasteiger charge is 2.17. The number of carbonyl (C=O) groups is 1.